The Kier molecular flexibility index (Phi) is 11.5. The van der Waals surface area contributed by atoms with Gasteiger partial charge in [0.25, 0.3) is 0 Å². The van der Waals surface area contributed by atoms with Gasteiger partial charge in [0.15, 0.2) is 5.13 Å². The van der Waals surface area contributed by atoms with Crippen molar-refractivity contribution >= 4 is 55.8 Å². The highest BCUT2D eigenvalue weighted by Crippen LogP contribution is 2.36. The van der Waals surface area contributed by atoms with E-state index < -0.39 is 16.0 Å². The summed E-state index contributed by atoms with van der Waals surface area (Å²) in [5.74, 6) is -0.332. The molecule has 0 spiro atoms. The van der Waals surface area contributed by atoms with Crippen molar-refractivity contribution in [3.05, 3.63) is 136 Å². The van der Waals surface area contributed by atoms with E-state index in [1.165, 1.54) is 7.11 Å². The average Bonchev–Trinajstić information content (AvgIpc) is 3.45. The Morgan fingerprint density at radius 3 is 2.04 bits per heavy atom. The summed E-state index contributed by atoms with van der Waals surface area (Å²) in [6.45, 7) is 0.877. The lowest BCUT2D eigenvalue weighted by Gasteiger charge is -2.26. The van der Waals surface area contributed by atoms with E-state index in [0.717, 1.165) is 34.3 Å². The number of sulfonamides is 1. The third-order valence-electron chi connectivity index (χ3n) is 7.69. The Balaban J connectivity index is 1.35. The average molecular weight is 703 g/mol. The minimum Gasteiger partial charge on any atom is -0.465 e. The molecule has 0 unspecified atom stereocenters. The number of halogens is 1. The maximum Gasteiger partial charge on any atom is 0.337 e. The molecule has 0 bridgehead atoms. The summed E-state index contributed by atoms with van der Waals surface area (Å²) in [6, 6.07) is 34.0. The second-order valence-corrected chi connectivity index (χ2v) is 14.5. The molecule has 5 rings (SSSR count). The number of nitrogens with zero attached hydrogens (tertiary/aromatic N) is 2. The van der Waals surface area contributed by atoms with Crippen LogP contribution in [-0.2, 0) is 21.2 Å². The van der Waals surface area contributed by atoms with Gasteiger partial charge < -0.3 is 9.64 Å². The fraction of sp³-hybridized carbons (Fsp3) is 0.194. The number of esters is 1. The molecule has 0 aliphatic rings. The highest BCUT2D eigenvalue weighted by molar-refractivity contribution is 7.92. The number of thiazole rings is 1. The van der Waals surface area contributed by atoms with Crippen LogP contribution in [0.1, 0.15) is 39.4 Å². The monoisotopic (exact) mass is 702 g/mol. The van der Waals surface area contributed by atoms with Crippen LogP contribution in [0, 0.1) is 0 Å². The molecule has 12 heteroatoms. The zero-order valence-electron chi connectivity index (χ0n) is 26.4. The summed E-state index contributed by atoms with van der Waals surface area (Å²) >= 11 is 7.71. The molecule has 0 aliphatic heterocycles. The third-order valence-corrected chi connectivity index (χ3v) is 9.46. The van der Waals surface area contributed by atoms with Crippen molar-refractivity contribution in [2.24, 2.45) is 0 Å². The summed E-state index contributed by atoms with van der Waals surface area (Å²) < 4.78 is 30.8. The Bertz CT molecular complexity index is 1900. The van der Waals surface area contributed by atoms with Gasteiger partial charge in [-0.3, -0.25) is 10.0 Å². The SMILES string of the molecule is COC(=O)c1ccc(CCN(CCC(c2ccccc2)c2ccccc2)C(=O)Nc2nc(-c3ccc(NS(C)(=O)=O)cc3)c(Cl)s2)cc1. The van der Waals surface area contributed by atoms with E-state index in [0.29, 0.717) is 57.9 Å². The predicted octanol–water partition coefficient (Wildman–Crippen LogP) is 7.92. The van der Waals surface area contributed by atoms with E-state index in [1.54, 1.807) is 41.3 Å². The van der Waals surface area contributed by atoms with E-state index in [-0.39, 0.29) is 11.9 Å². The minimum absolute atomic E-state index is 0.0723. The Labute approximate surface area is 289 Å². The second kappa shape index (κ2) is 15.9. The number of hydrogen-bond acceptors (Lipinski definition) is 7. The molecular weight excluding hydrogens is 668 g/mol. The Morgan fingerprint density at radius 1 is 0.875 bits per heavy atom. The number of aromatic nitrogens is 1. The predicted molar refractivity (Wildman–Crippen MR) is 192 cm³/mol. The minimum atomic E-state index is -3.41. The molecule has 0 radical (unpaired) electrons. The highest BCUT2D eigenvalue weighted by atomic mass is 35.5. The van der Waals surface area contributed by atoms with Gasteiger partial charge in [-0.1, -0.05) is 108 Å². The van der Waals surface area contributed by atoms with Crippen LogP contribution < -0.4 is 10.0 Å². The van der Waals surface area contributed by atoms with Crippen molar-refractivity contribution in [1.82, 2.24) is 9.88 Å². The molecule has 0 fully saturated rings. The van der Waals surface area contributed by atoms with Crippen LogP contribution in [0.5, 0.6) is 0 Å². The normalized spacial score (nSPS) is 11.2. The topological polar surface area (TPSA) is 118 Å². The van der Waals surface area contributed by atoms with E-state index in [4.69, 9.17) is 16.3 Å². The maximum absolute atomic E-state index is 13.8. The second-order valence-electron chi connectivity index (χ2n) is 11.1. The van der Waals surface area contributed by atoms with Gasteiger partial charge in [0.2, 0.25) is 10.0 Å². The number of urea groups is 1. The largest absolute Gasteiger partial charge is 0.465 e. The van der Waals surface area contributed by atoms with Crippen molar-refractivity contribution < 1.29 is 22.7 Å². The lowest BCUT2D eigenvalue weighted by molar-refractivity contribution is 0.0600. The number of rotatable bonds is 13. The summed E-state index contributed by atoms with van der Waals surface area (Å²) in [7, 11) is -2.07. The van der Waals surface area contributed by atoms with Crippen LogP contribution in [0.15, 0.2) is 109 Å². The van der Waals surface area contributed by atoms with Gasteiger partial charge in [-0.05, 0) is 53.8 Å². The first-order chi connectivity index (χ1) is 23.1. The van der Waals surface area contributed by atoms with Crippen LogP contribution in [0.4, 0.5) is 15.6 Å². The van der Waals surface area contributed by atoms with Crippen molar-refractivity contribution in [2.45, 2.75) is 18.8 Å². The number of carbonyl (C=O) groups is 2. The molecule has 0 saturated carbocycles. The smallest absolute Gasteiger partial charge is 0.337 e. The van der Waals surface area contributed by atoms with Gasteiger partial charge >= 0.3 is 12.0 Å². The van der Waals surface area contributed by atoms with Crippen LogP contribution in [0.3, 0.4) is 0 Å². The lowest BCUT2D eigenvalue weighted by atomic mass is 9.88. The van der Waals surface area contributed by atoms with E-state index in [9.17, 15) is 18.0 Å². The van der Waals surface area contributed by atoms with Gasteiger partial charge in [-0.15, -0.1) is 0 Å². The van der Waals surface area contributed by atoms with Gasteiger partial charge in [0.1, 0.15) is 10.0 Å². The fourth-order valence-electron chi connectivity index (χ4n) is 5.30. The van der Waals surface area contributed by atoms with Crippen molar-refractivity contribution in [2.75, 3.05) is 36.5 Å². The van der Waals surface area contributed by atoms with Crippen molar-refractivity contribution in [3.8, 4) is 11.3 Å². The molecule has 0 aliphatic carbocycles. The molecule has 248 valence electrons. The van der Waals surface area contributed by atoms with Gasteiger partial charge in [-0.25, -0.2) is 23.0 Å². The number of hydrogen-bond donors (Lipinski definition) is 2. The highest BCUT2D eigenvalue weighted by Gasteiger charge is 2.21. The molecule has 9 nitrogen and oxygen atoms in total. The Hall–Kier alpha value is -4.71. The van der Waals surface area contributed by atoms with Gasteiger partial charge in [-0.2, -0.15) is 0 Å². The number of methoxy groups -OCH3 is 1. The van der Waals surface area contributed by atoms with Crippen LogP contribution in [-0.4, -0.2) is 56.8 Å². The summed E-state index contributed by atoms with van der Waals surface area (Å²) in [4.78, 5) is 32.1. The summed E-state index contributed by atoms with van der Waals surface area (Å²) in [5.41, 5.74) is 5.33. The third kappa shape index (κ3) is 9.43. The first-order valence-corrected chi connectivity index (χ1v) is 18.3. The van der Waals surface area contributed by atoms with Crippen LogP contribution in [0.25, 0.3) is 11.3 Å². The molecule has 1 heterocycles. The number of benzene rings is 4. The van der Waals surface area contributed by atoms with E-state index >= 15 is 0 Å². The number of ether oxygens (including phenoxy) is 1. The molecule has 4 aromatic carbocycles. The summed E-state index contributed by atoms with van der Waals surface area (Å²) in [6.07, 6.45) is 2.33. The van der Waals surface area contributed by atoms with E-state index in [1.807, 2.05) is 48.5 Å². The maximum atomic E-state index is 13.8. The molecular formula is C36H35ClN4O5S2. The van der Waals surface area contributed by atoms with Crippen LogP contribution >= 0.6 is 22.9 Å². The standard InChI is InChI=1S/C36H35ClN4O5S2/c1-46-34(42)29-15-13-25(14-16-29)21-23-41(24-22-31(26-9-5-3-6-10-26)27-11-7-4-8-12-27)36(43)39-35-38-32(33(37)47-35)28-17-19-30(20-18-28)40-48(2,44)45/h3-20,31,40H,21-24H2,1-2H3,(H,38,39,43). The number of nitrogens with one attached hydrogen (secondary N) is 2. The number of anilines is 2. The molecule has 0 saturated heterocycles. The molecule has 1 aromatic heterocycles. The zero-order valence-corrected chi connectivity index (χ0v) is 28.8. The molecule has 48 heavy (non-hydrogen) atoms. The van der Waals surface area contributed by atoms with Crippen LogP contribution in [0.2, 0.25) is 4.34 Å². The molecule has 5 aromatic rings. The molecule has 0 atom stereocenters. The van der Waals surface area contributed by atoms with Gasteiger partial charge in [0.05, 0.1) is 18.9 Å². The van der Waals surface area contributed by atoms with E-state index in [2.05, 4.69) is 39.3 Å². The van der Waals surface area contributed by atoms with Crippen molar-refractivity contribution in [1.29, 1.82) is 0 Å². The first-order valence-electron chi connectivity index (χ1n) is 15.2. The number of amides is 2. The molecule has 2 amide bonds. The quantitative estimate of drug-likeness (QED) is 0.120. The Morgan fingerprint density at radius 2 is 1.48 bits per heavy atom. The van der Waals surface area contributed by atoms with Gasteiger partial charge in [0, 0.05) is 30.3 Å². The first kappa shape index (κ1) is 34.6. The van der Waals surface area contributed by atoms with Crippen molar-refractivity contribution in [3.63, 3.8) is 0 Å². The zero-order chi connectivity index (χ0) is 34.1. The molecule has 2 N–H and O–H groups in total. The summed E-state index contributed by atoms with van der Waals surface area (Å²) in [5, 5.41) is 3.28. The fourth-order valence-corrected chi connectivity index (χ4v) is 6.94. The lowest BCUT2D eigenvalue weighted by Crippen LogP contribution is -2.38. The number of carbonyl (C=O) groups excluding carboxylic acids is 2.